The van der Waals surface area contributed by atoms with E-state index in [4.69, 9.17) is 0 Å². The second kappa shape index (κ2) is 7.52. The van der Waals surface area contributed by atoms with Crippen LogP contribution in [-0.4, -0.2) is 9.52 Å². The van der Waals surface area contributed by atoms with Gasteiger partial charge in [-0.15, -0.1) is 6.58 Å². The Bertz CT molecular complexity index is 232. The molecular weight excluding hydrogens is 232 g/mol. The van der Waals surface area contributed by atoms with Gasteiger partial charge >= 0.3 is 0 Å². The van der Waals surface area contributed by atoms with Crippen LogP contribution in [0, 0.1) is 17.8 Å². The van der Waals surface area contributed by atoms with Gasteiger partial charge in [0.05, 0.1) is 0 Å². The zero-order valence-corrected chi connectivity index (χ0v) is 13.2. The van der Waals surface area contributed by atoms with E-state index in [-0.39, 0.29) is 0 Å². The van der Waals surface area contributed by atoms with Crippen LogP contribution in [0.4, 0.5) is 0 Å². The highest BCUT2D eigenvalue weighted by Crippen LogP contribution is 2.42. The maximum absolute atomic E-state index is 3.96. The maximum atomic E-state index is 3.96. The lowest BCUT2D eigenvalue weighted by Crippen LogP contribution is -2.25. The standard InChI is InChI=1S/C17H30Si/c1-3-13-18-17-11-9-16(10-12-17)15-7-5-14(4-2)6-8-15/h4,14-17H,2-3,5-13H2,1H3. The zero-order chi connectivity index (χ0) is 12.8. The highest BCUT2D eigenvalue weighted by atomic mass is 28.2. The van der Waals surface area contributed by atoms with Crippen LogP contribution >= 0.6 is 0 Å². The molecule has 0 heterocycles. The summed E-state index contributed by atoms with van der Waals surface area (Å²) in [4.78, 5) is 0. The van der Waals surface area contributed by atoms with E-state index in [0.717, 1.165) is 23.3 Å². The van der Waals surface area contributed by atoms with Crippen LogP contribution in [0.5, 0.6) is 0 Å². The quantitative estimate of drug-likeness (QED) is 0.454. The van der Waals surface area contributed by atoms with E-state index in [1.165, 1.54) is 47.7 Å². The molecule has 0 unspecified atom stereocenters. The molecule has 2 radical (unpaired) electrons. The molecule has 0 aromatic carbocycles. The summed E-state index contributed by atoms with van der Waals surface area (Å²) in [5.41, 5.74) is 1.10. The van der Waals surface area contributed by atoms with Gasteiger partial charge in [-0.3, -0.25) is 0 Å². The van der Waals surface area contributed by atoms with Gasteiger partial charge in [0.1, 0.15) is 0 Å². The summed E-state index contributed by atoms with van der Waals surface area (Å²) in [6, 6.07) is 1.49. The van der Waals surface area contributed by atoms with Gasteiger partial charge in [0.2, 0.25) is 0 Å². The van der Waals surface area contributed by atoms with Crippen molar-refractivity contribution >= 4 is 9.52 Å². The smallest absolute Gasteiger partial charge is 0.0413 e. The Morgan fingerprint density at radius 2 is 1.50 bits per heavy atom. The van der Waals surface area contributed by atoms with Crippen LogP contribution in [-0.2, 0) is 0 Å². The molecule has 0 bridgehead atoms. The van der Waals surface area contributed by atoms with Crippen molar-refractivity contribution in [2.24, 2.45) is 17.8 Å². The number of allylic oxidation sites excluding steroid dienone is 1. The largest absolute Gasteiger partial charge is 0.103 e. The third-order valence-corrected chi connectivity index (χ3v) is 7.21. The second-order valence-electron chi connectivity index (χ2n) is 6.48. The fraction of sp³-hybridized carbons (Fsp3) is 0.882. The van der Waals surface area contributed by atoms with Crippen molar-refractivity contribution in [3.05, 3.63) is 12.7 Å². The number of hydrogen-bond acceptors (Lipinski definition) is 0. The Hall–Kier alpha value is -0.0431. The SMILES string of the molecule is C=CC1CCC(C2CCC([Si]CCC)CC2)CC1. The highest BCUT2D eigenvalue weighted by Gasteiger charge is 2.29. The first kappa shape index (κ1) is 14.4. The minimum Gasteiger partial charge on any atom is -0.103 e. The summed E-state index contributed by atoms with van der Waals surface area (Å²) in [6.07, 6.45) is 15.6. The molecule has 2 fully saturated rings. The molecule has 2 aliphatic rings. The van der Waals surface area contributed by atoms with Gasteiger partial charge in [0.15, 0.2) is 0 Å². The molecule has 0 spiro atoms. The predicted octanol–water partition coefficient (Wildman–Crippen LogP) is 5.49. The van der Waals surface area contributed by atoms with Crippen molar-refractivity contribution in [2.45, 2.75) is 76.3 Å². The van der Waals surface area contributed by atoms with Crippen molar-refractivity contribution < 1.29 is 0 Å². The topological polar surface area (TPSA) is 0 Å². The fourth-order valence-electron chi connectivity index (χ4n) is 4.00. The van der Waals surface area contributed by atoms with E-state index in [2.05, 4.69) is 19.6 Å². The summed E-state index contributed by atoms with van der Waals surface area (Å²) in [5, 5.41) is 0. The summed E-state index contributed by atoms with van der Waals surface area (Å²) in [7, 11) is 1.26. The van der Waals surface area contributed by atoms with Gasteiger partial charge in [-0.25, -0.2) is 0 Å². The van der Waals surface area contributed by atoms with Crippen LogP contribution in [0.15, 0.2) is 12.7 Å². The molecule has 1 heteroatoms. The molecule has 2 saturated carbocycles. The summed E-state index contributed by atoms with van der Waals surface area (Å²) in [5.74, 6) is 2.98. The Kier molecular flexibility index (Phi) is 6.00. The molecule has 0 N–H and O–H groups in total. The van der Waals surface area contributed by atoms with Gasteiger partial charge < -0.3 is 0 Å². The normalized spacial score (nSPS) is 37.4. The van der Waals surface area contributed by atoms with Gasteiger partial charge in [0.25, 0.3) is 0 Å². The van der Waals surface area contributed by atoms with Gasteiger partial charge in [-0.2, -0.15) is 0 Å². The summed E-state index contributed by atoms with van der Waals surface area (Å²) < 4.78 is 0. The van der Waals surface area contributed by atoms with E-state index < -0.39 is 0 Å². The van der Waals surface area contributed by atoms with Crippen molar-refractivity contribution in [3.8, 4) is 0 Å². The summed E-state index contributed by atoms with van der Waals surface area (Å²) in [6.45, 7) is 6.29. The lowest BCUT2D eigenvalue weighted by Gasteiger charge is -2.37. The number of hydrogen-bond donors (Lipinski definition) is 0. The average molecular weight is 263 g/mol. The maximum Gasteiger partial charge on any atom is 0.0413 e. The van der Waals surface area contributed by atoms with E-state index in [1.807, 2.05) is 0 Å². The Balaban J connectivity index is 1.68. The van der Waals surface area contributed by atoms with Crippen molar-refractivity contribution in [1.82, 2.24) is 0 Å². The fourth-order valence-corrected chi connectivity index (χ4v) is 5.43. The van der Waals surface area contributed by atoms with E-state index in [1.54, 1.807) is 25.7 Å². The van der Waals surface area contributed by atoms with E-state index >= 15 is 0 Å². The van der Waals surface area contributed by atoms with Crippen LogP contribution in [0.1, 0.15) is 64.7 Å². The van der Waals surface area contributed by atoms with Crippen molar-refractivity contribution in [2.75, 3.05) is 0 Å². The lowest BCUT2D eigenvalue weighted by atomic mass is 9.71. The average Bonchev–Trinajstić information content (AvgIpc) is 2.46. The minimum atomic E-state index is 0.837. The van der Waals surface area contributed by atoms with Gasteiger partial charge in [-0.05, 0) is 49.0 Å². The van der Waals surface area contributed by atoms with Crippen LogP contribution < -0.4 is 0 Å². The van der Waals surface area contributed by atoms with Crippen LogP contribution in [0.3, 0.4) is 0 Å². The third kappa shape index (κ3) is 3.98. The molecule has 102 valence electrons. The van der Waals surface area contributed by atoms with E-state index in [9.17, 15) is 0 Å². The molecule has 18 heavy (non-hydrogen) atoms. The molecule has 2 aliphatic carbocycles. The summed E-state index contributed by atoms with van der Waals surface area (Å²) >= 11 is 0. The molecule has 0 nitrogen and oxygen atoms in total. The molecule has 0 saturated heterocycles. The first-order chi connectivity index (χ1) is 8.83. The molecule has 0 amide bonds. The molecular formula is C17H30Si. The third-order valence-electron chi connectivity index (χ3n) is 5.27. The van der Waals surface area contributed by atoms with Gasteiger partial charge in [0, 0.05) is 9.52 Å². The van der Waals surface area contributed by atoms with Crippen LogP contribution in [0.25, 0.3) is 0 Å². The highest BCUT2D eigenvalue weighted by molar-refractivity contribution is 6.37. The molecule has 0 aliphatic heterocycles. The van der Waals surface area contributed by atoms with Crippen LogP contribution in [0.2, 0.25) is 11.6 Å². The number of rotatable bonds is 5. The van der Waals surface area contributed by atoms with E-state index in [0.29, 0.717) is 0 Å². The van der Waals surface area contributed by atoms with Crippen molar-refractivity contribution in [3.63, 3.8) is 0 Å². The van der Waals surface area contributed by atoms with Gasteiger partial charge in [-0.1, -0.05) is 51.1 Å². The first-order valence-corrected chi connectivity index (χ1v) is 9.47. The predicted molar refractivity (Wildman–Crippen MR) is 82.2 cm³/mol. The first-order valence-electron chi connectivity index (χ1n) is 8.19. The Morgan fingerprint density at radius 3 is 2.00 bits per heavy atom. The lowest BCUT2D eigenvalue weighted by molar-refractivity contribution is 0.180. The second-order valence-corrected chi connectivity index (χ2v) is 8.20. The molecule has 2 rings (SSSR count). The van der Waals surface area contributed by atoms with Crippen molar-refractivity contribution in [1.29, 1.82) is 0 Å². The minimum absolute atomic E-state index is 0.837. The zero-order valence-electron chi connectivity index (χ0n) is 12.2. The Morgan fingerprint density at radius 1 is 0.944 bits per heavy atom. The molecule has 0 aromatic rings. The monoisotopic (exact) mass is 262 g/mol. The molecule has 0 aromatic heterocycles. The Labute approximate surface area is 116 Å². The molecule has 0 atom stereocenters.